The van der Waals surface area contributed by atoms with Crippen LogP contribution in [0.1, 0.15) is 0 Å². The molecular weight excluding hydrogens is 1370 g/mol. The van der Waals surface area contributed by atoms with Crippen LogP contribution >= 0.6 is 0 Å². The van der Waals surface area contributed by atoms with Crippen LogP contribution in [0.25, 0.3) is 35.2 Å². The van der Waals surface area contributed by atoms with Gasteiger partial charge in [0.05, 0.1) is 5.69 Å². The van der Waals surface area contributed by atoms with E-state index in [0.717, 1.165) is 85.2 Å². The van der Waals surface area contributed by atoms with E-state index in [0.29, 0.717) is 0 Å². The number of nitrogens with zero attached hydrogens (tertiary/aromatic N) is 5. The van der Waals surface area contributed by atoms with Gasteiger partial charge in [0, 0.05) is 39.8 Å². The first kappa shape index (κ1) is 54.2. The summed E-state index contributed by atoms with van der Waals surface area (Å²) in [7, 11) is 0. The Morgan fingerprint density at radius 1 is 0.266 bits per heavy atom. The van der Waals surface area contributed by atoms with E-state index in [9.17, 15) is 0 Å². The van der Waals surface area contributed by atoms with E-state index in [2.05, 4.69) is 346 Å². The van der Waals surface area contributed by atoms with E-state index in [1.54, 1.807) is 0 Å². The summed E-state index contributed by atoms with van der Waals surface area (Å²) < 4.78 is 13.9. The van der Waals surface area contributed by atoms with E-state index < -0.39 is 40.9 Å². The van der Waals surface area contributed by atoms with Crippen molar-refractivity contribution in [1.82, 2.24) is 0 Å². The molecule has 6 nitrogen and oxygen atoms in total. The Kier molecular flexibility index (Phi) is 12.4. The van der Waals surface area contributed by atoms with E-state index in [4.69, 9.17) is 4.74 Å². The molecule has 0 spiro atoms. The number of para-hydroxylation sites is 7. The molecule has 94 heavy (non-hydrogen) atoms. The van der Waals surface area contributed by atoms with Crippen LogP contribution in [-0.2, 0) is 0 Å². The second kappa shape index (κ2) is 21.6. The fourth-order valence-corrected chi connectivity index (χ4v) is 22.3. The molecule has 4 aliphatic heterocycles. The molecule has 0 radical (unpaired) electrons. The molecule has 0 aliphatic carbocycles. The molecule has 438 valence electrons. The largest absolute Gasteiger partial charge is 0.0602 e. The Morgan fingerprint density at radius 3 is 1.31 bits per heavy atom. The third kappa shape index (κ3) is 8.24. The summed E-state index contributed by atoms with van der Waals surface area (Å²) >= 11 is -1.24. The van der Waals surface area contributed by atoms with Crippen LogP contribution in [0, 0.1) is 0 Å². The minimum Gasteiger partial charge on any atom is -0.0602 e. The maximum Gasteiger partial charge on any atom is -0.0380 e. The van der Waals surface area contributed by atoms with Gasteiger partial charge >= 0.3 is 357 Å². The number of anilines is 15. The van der Waals surface area contributed by atoms with Gasteiger partial charge in [0.25, 0.3) is 0 Å². The van der Waals surface area contributed by atoms with E-state index in [-0.39, 0.29) is 13.4 Å². The molecule has 20 rings (SSSR count). The van der Waals surface area contributed by atoms with Crippen LogP contribution < -0.4 is 62.0 Å². The number of benzene rings is 14. The van der Waals surface area contributed by atoms with Crippen molar-refractivity contribution >= 4 is 208 Å². The number of hydrogen-bond donors (Lipinski definition) is 0. The molecule has 0 saturated carbocycles. The standard InChI is InChI=1S/C84H53B2N5OTe2/c1-6-26-54(27-7-1)87(55-28-8-2-9-29-55)59-48-72-83-73(49-59)90(58-34-14-5-15-35-58)71-53-75-66(52-65(71)85(83)63-38-18-20-40-67(63)89(72)57-32-12-4-13-33-57)86-64-39-19-21-41-68(64)91(70-43-25-47-80-82(70)62-37-17-23-45-78(62)94-80)74-50-60(51-76(92-75)84(74)86)88(56-30-10-3-11-31-56)69-42-24-46-79-81(69)61-36-16-22-44-77(61)93-79/h1-53H. The zero-order valence-corrected chi connectivity index (χ0v) is 55.4. The fourth-order valence-electron chi connectivity index (χ4n) is 15.8. The van der Waals surface area contributed by atoms with Crippen LogP contribution in [0.3, 0.4) is 0 Å². The quantitative estimate of drug-likeness (QED) is 0.134. The summed E-state index contributed by atoms with van der Waals surface area (Å²) in [6.45, 7) is -0.354. The van der Waals surface area contributed by atoms with Crippen LogP contribution in [0.15, 0.2) is 322 Å². The second-order valence-corrected chi connectivity index (χ2v) is 30.8. The van der Waals surface area contributed by atoms with Crippen molar-refractivity contribution in [2.45, 2.75) is 0 Å². The summed E-state index contributed by atoms with van der Waals surface area (Å²) in [5.41, 5.74) is 23.9. The first-order chi connectivity index (χ1) is 46.7. The van der Waals surface area contributed by atoms with Gasteiger partial charge in [-0.15, -0.1) is 0 Å². The molecule has 4 aliphatic rings. The first-order valence-corrected chi connectivity index (χ1v) is 36.8. The van der Waals surface area contributed by atoms with Gasteiger partial charge in [-0.25, -0.2) is 0 Å². The number of fused-ring (bicyclic) bond motifs is 14. The van der Waals surface area contributed by atoms with E-state index >= 15 is 0 Å². The predicted octanol–water partition coefficient (Wildman–Crippen LogP) is 17.8. The predicted molar refractivity (Wildman–Crippen MR) is 400 cm³/mol. The van der Waals surface area contributed by atoms with Crippen molar-refractivity contribution in [3.05, 3.63) is 322 Å². The Morgan fingerprint density at radius 2 is 0.702 bits per heavy atom. The topological polar surface area (TPSA) is 25.4 Å². The summed E-state index contributed by atoms with van der Waals surface area (Å²) in [5.74, 6) is 1.70. The van der Waals surface area contributed by atoms with Crippen molar-refractivity contribution in [3.63, 3.8) is 0 Å². The molecular formula is C84H53B2N5OTe2. The zero-order chi connectivity index (χ0) is 61.5. The molecule has 0 amide bonds. The van der Waals surface area contributed by atoms with Gasteiger partial charge in [0.1, 0.15) is 0 Å². The summed E-state index contributed by atoms with van der Waals surface area (Å²) in [4.78, 5) is 12.6. The normalized spacial score (nSPS) is 13.1. The third-order valence-electron chi connectivity index (χ3n) is 19.6. The number of hydrogen-bond acceptors (Lipinski definition) is 6. The summed E-state index contributed by atoms with van der Waals surface area (Å²) in [6.07, 6.45) is 0. The minimum atomic E-state index is -0.630. The van der Waals surface area contributed by atoms with Crippen molar-refractivity contribution in [2.75, 3.05) is 24.5 Å². The van der Waals surface area contributed by atoms with E-state index in [1.165, 1.54) is 79.5 Å². The molecule has 0 bridgehead atoms. The monoisotopic (exact) mass is 1430 g/mol. The number of ether oxygens (including phenoxy) is 1. The van der Waals surface area contributed by atoms with Crippen molar-refractivity contribution in [3.8, 4) is 11.5 Å². The van der Waals surface area contributed by atoms with Crippen LogP contribution in [0.4, 0.5) is 85.3 Å². The summed E-state index contributed by atoms with van der Waals surface area (Å²) in [5, 5.41) is 5.36. The van der Waals surface area contributed by atoms with Crippen LogP contribution in [0.2, 0.25) is 0 Å². The molecule has 2 aromatic heterocycles. The Bertz CT molecular complexity index is 5690. The van der Waals surface area contributed by atoms with Crippen LogP contribution in [-0.4, -0.2) is 54.3 Å². The minimum absolute atomic E-state index is 0.160. The van der Waals surface area contributed by atoms with Crippen molar-refractivity contribution in [2.24, 2.45) is 0 Å². The second-order valence-electron chi connectivity index (χ2n) is 24.7. The fraction of sp³-hybridized carbons (Fsp3) is 0. The number of rotatable bonds is 9. The average molecular weight is 1430 g/mol. The Hall–Kier alpha value is -10.4. The van der Waals surface area contributed by atoms with Crippen molar-refractivity contribution < 1.29 is 4.74 Å². The average Bonchev–Trinajstić information content (AvgIpc) is 0.829. The van der Waals surface area contributed by atoms with Gasteiger partial charge in [-0.1, -0.05) is 91.0 Å². The molecule has 0 unspecified atom stereocenters. The molecule has 16 aromatic rings. The van der Waals surface area contributed by atoms with E-state index in [1.807, 2.05) is 0 Å². The van der Waals surface area contributed by atoms with Gasteiger partial charge in [-0.2, -0.15) is 0 Å². The van der Waals surface area contributed by atoms with Gasteiger partial charge < -0.3 is 9.80 Å². The van der Waals surface area contributed by atoms with Gasteiger partial charge in [0.15, 0.2) is 0 Å². The zero-order valence-electron chi connectivity index (χ0n) is 50.7. The maximum absolute atomic E-state index is 7.97. The van der Waals surface area contributed by atoms with Gasteiger partial charge in [-0.3, -0.25) is 0 Å². The molecule has 0 atom stereocenters. The molecule has 6 heterocycles. The van der Waals surface area contributed by atoms with Crippen LogP contribution in [0.5, 0.6) is 11.5 Å². The van der Waals surface area contributed by atoms with Gasteiger partial charge in [0.2, 0.25) is 0 Å². The Labute approximate surface area is 565 Å². The smallest absolute Gasteiger partial charge is 0.0380 e. The molecule has 0 fully saturated rings. The first-order valence-electron chi connectivity index (χ1n) is 32.1. The van der Waals surface area contributed by atoms with Gasteiger partial charge in [-0.05, 0) is 66.7 Å². The molecule has 14 aromatic carbocycles. The molecule has 0 saturated heterocycles. The Balaban J connectivity index is 0.875. The SMILES string of the molecule is c1ccc(N(c2ccccc2)c2cc3c4c(c2)N(c2ccccc2)c2cc5c(cc2B4c2ccccc2N3c2ccccc2)B2c3ccccc3N(c3cccc4[te]c6ccccc6c34)c3cc(N(c4ccccc4)c4cccc6[te]c7ccccc7c46)cc(c32)O5)cc1. The molecule has 0 N–H and O–H groups in total. The van der Waals surface area contributed by atoms with Crippen molar-refractivity contribution in [1.29, 1.82) is 0 Å². The molecule has 10 heteroatoms. The maximum atomic E-state index is 7.97. The third-order valence-corrected chi connectivity index (χ3v) is 26.1. The summed E-state index contributed by atoms with van der Waals surface area (Å²) in [6, 6.07) is 120.